The van der Waals surface area contributed by atoms with Crippen LogP contribution in [0.2, 0.25) is 0 Å². The van der Waals surface area contributed by atoms with E-state index in [-0.39, 0.29) is 11.4 Å². The molecule has 2 heterocycles. The van der Waals surface area contributed by atoms with Crippen molar-refractivity contribution >= 4 is 21.8 Å². The van der Waals surface area contributed by atoms with Crippen molar-refractivity contribution in [2.45, 2.75) is 24.2 Å². The van der Waals surface area contributed by atoms with Crippen molar-refractivity contribution in [1.82, 2.24) is 9.29 Å². The fourth-order valence-corrected chi connectivity index (χ4v) is 3.52. The van der Waals surface area contributed by atoms with Gasteiger partial charge in [-0.25, -0.2) is 13.4 Å². The van der Waals surface area contributed by atoms with E-state index in [4.69, 9.17) is 5.11 Å². The van der Waals surface area contributed by atoms with Crippen LogP contribution in [0, 0.1) is 0 Å². The molecule has 0 aromatic carbocycles. The van der Waals surface area contributed by atoms with E-state index >= 15 is 0 Å². The lowest BCUT2D eigenvalue weighted by Gasteiger charge is -2.25. The van der Waals surface area contributed by atoms with E-state index in [2.05, 4.69) is 10.3 Å². The normalized spacial score (nSPS) is 16.8. The van der Waals surface area contributed by atoms with E-state index in [1.54, 1.807) is 0 Å². The molecule has 1 saturated heterocycles. The smallest absolute Gasteiger partial charge is 0.322 e. The van der Waals surface area contributed by atoms with Gasteiger partial charge in [0.1, 0.15) is 17.3 Å². The molecular formula is C12H17N3O4S. The number of rotatable bonds is 5. The largest absolute Gasteiger partial charge is 0.480 e. The predicted octanol–water partition coefficient (Wildman–Crippen LogP) is 0.753. The number of nitrogens with zero attached hydrogens (tertiary/aromatic N) is 2. The molecule has 110 valence electrons. The third-order valence-electron chi connectivity index (χ3n) is 3.11. The number of anilines is 1. The summed E-state index contributed by atoms with van der Waals surface area (Å²) in [6, 6.07) is 2.92. The number of piperidine rings is 1. The van der Waals surface area contributed by atoms with E-state index in [9.17, 15) is 13.2 Å². The van der Waals surface area contributed by atoms with Gasteiger partial charge in [0, 0.05) is 19.3 Å². The van der Waals surface area contributed by atoms with Crippen LogP contribution in [0.5, 0.6) is 0 Å². The van der Waals surface area contributed by atoms with Gasteiger partial charge in [0.25, 0.3) is 0 Å². The van der Waals surface area contributed by atoms with Gasteiger partial charge >= 0.3 is 5.97 Å². The van der Waals surface area contributed by atoms with Crippen molar-refractivity contribution in [3.05, 3.63) is 18.3 Å². The van der Waals surface area contributed by atoms with Gasteiger partial charge in [-0.3, -0.25) is 4.79 Å². The van der Waals surface area contributed by atoms with E-state index in [0.717, 1.165) is 19.3 Å². The quantitative estimate of drug-likeness (QED) is 0.832. The third kappa shape index (κ3) is 3.45. The van der Waals surface area contributed by atoms with Crippen LogP contribution < -0.4 is 5.32 Å². The van der Waals surface area contributed by atoms with Crippen LogP contribution in [0.4, 0.5) is 5.82 Å². The highest BCUT2D eigenvalue weighted by molar-refractivity contribution is 7.89. The molecule has 1 aliphatic rings. The van der Waals surface area contributed by atoms with Gasteiger partial charge in [0.2, 0.25) is 10.0 Å². The van der Waals surface area contributed by atoms with Gasteiger partial charge in [0.15, 0.2) is 0 Å². The molecule has 1 fully saturated rings. The summed E-state index contributed by atoms with van der Waals surface area (Å²) in [5, 5.41) is 11.1. The van der Waals surface area contributed by atoms with Crippen LogP contribution >= 0.6 is 0 Å². The lowest BCUT2D eigenvalue weighted by Crippen LogP contribution is -2.35. The Balaban J connectivity index is 2.10. The second kappa shape index (κ2) is 6.19. The molecule has 1 aromatic rings. The average Bonchev–Trinajstić information content (AvgIpc) is 2.46. The van der Waals surface area contributed by atoms with Crippen LogP contribution in [-0.4, -0.2) is 48.4 Å². The molecule has 8 heteroatoms. The Morgan fingerprint density at radius 1 is 1.30 bits per heavy atom. The maximum absolute atomic E-state index is 12.3. The van der Waals surface area contributed by atoms with Crippen LogP contribution in [0.25, 0.3) is 0 Å². The van der Waals surface area contributed by atoms with Crippen molar-refractivity contribution in [3.8, 4) is 0 Å². The van der Waals surface area contributed by atoms with E-state index in [1.165, 1.54) is 22.6 Å². The first-order valence-corrected chi connectivity index (χ1v) is 7.86. The van der Waals surface area contributed by atoms with Crippen LogP contribution in [0.15, 0.2) is 23.2 Å². The van der Waals surface area contributed by atoms with Crippen molar-refractivity contribution in [1.29, 1.82) is 0 Å². The van der Waals surface area contributed by atoms with Gasteiger partial charge in [-0.1, -0.05) is 6.42 Å². The van der Waals surface area contributed by atoms with E-state index in [0.29, 0.717) is 18.9 Å². The van der Waals surface area contributed by atoms with Gasteiger partial charge in [0.05, 0.1) is 0 Å². The summed E-state index contributed by atoms with van der Waals surface area (Å²) in [4.78, 5) is 14.5. The number of pyridine rings is 1. The van der Waals surface area contributed by atoms with Gasteiger partial charge in [-0.05, 0) is 25.0 Å². The number of carbonyl (C=O) groups is 1. The Morgan fingerprint density at radius 3 is 2.55 bits per heavy atom. The van der Waals surface area contributed by atoms with Crippen molar-refractivity contribution in [2.24, 2.45) is 0 Å². The van der Waals surface area contributed by atoms with Crippen LogP contribution in [0.1, 0.15) is 19.3 Å². The molecule has 0 aliphatic carbocycles. The van der Waals surface area contributed by atoms with Gasteiger partial charge < -0.3 is 10.4 Å². The standard InChI is InChI=1S/C12H17N3O4S/c16-12(17)9-14-11-5-4-10(8-13-11)20(18,19)15-6-2-1-3-7-15/h4-5,8H,1-3,6-7,9H2,(H,13,14)(H,16,17). The number of sulfonamides is 1. The lowest BCUT2D eigenvalue weighted by atomic mass is 10.2. The molecule has 7 nitrogen and oxygen atoms in total. The van der Waals surface area contributed by atoms with Gasteiger partial charge in [-0.2, -0.15) is 4.31 Å². The second-order valence-corrected chi connectivity index (χ2v) is 6.53. The Bertz CT molecular complexity index is 565. The van der Waals surface area contributed by atoms with Crippen LogP contribution in [-0.2, 0) is 14.8 Å². The SMILES string of the molecule is O=C(O)CNc1ccc(S(=O)(=O)N2CCCCC2)cn1. The number of hydrogen-bond acceptors (Lipinski definition) is 5. The summed E-state index contributed by atoms with van der Waals surface area (Å²) in [5.74, 6) is -0.665. The number of aliphatic carboxylic acids is 1. The number of carboxylic acids is 1. The number of hydrogen-bond donors (Lipinski definition) is 2. The maximum Gasteiger partial charge on any atom is 0.322 e. The Hall–Kier alpha value is -1.67. The van der Waals surface area contributed by atoms with Gasteiger partial charge in [-0.15, -0.1) is 0 Å². The monoisotopic (exact) mass is 299 g/mol. The molecule has 0 radical (unpaired) electrons. The summed E-state index contributed by atoms with van der Waals surface area (Å²) in [6.45, 7) is 0.827. The predicted molar refractivity (Wildman–Crippen MR) is 73.0 cm³/mol. The minimum atomic E-state index is -3.48. The number of nitrogens with one attached hydrogen (secondary N) is 1. The van der Waals surface area contributed by atoms with Crippen molar-refractivity contribution in [2.75, 3.05) is 25.0 Å². The first-order chi connectivity index (χ1) is 9.50. The summed E-state index contributed by atoms with van der Waals surface area (Å²) >= 11 is 0. The molecule has 0 unspecified atom stereocenters. The molecule has 1 aromatic heterocycles. The molecule has 0 amide bonds. The second-order valence-electron chi connectivity index (χ2n) is 4.59. The molecule has 1 aliphatic heterocycles. The topological polar surface area (TPSA) is 99.6 Å². The molecule has 0 saturated carbocycles. The van der Waals surface area contributed by atoms with E-state index in [1.807, 2.05) is 0 Å². The van der Waals surface area contributed by atoms with E-state index < -0.39 is 16.0 Å². The summed E-state index contributed by atoms with van der Waals surface area (Å²) in [5.41, 5.74) is 0. The highest BCUT2D eigenvalue weighted by atomic mass is 32.2. The first-order valence-electron chi connectivity index (χ1n) is 6.42. The molecule has 0 bridgehead atoms. The Kier molecular flexibility index (Phi) is 4.56. The van der Waals surface area contributed by atoms with Crippen molar-refractivity contribution in [3.63, 3.8) is 0 Å². The molecule has 0 spiro atoms. The highest BCUT2D eigenvalue weighted by Gasteiger charge is 2.26. The Labute approximate surface area is 117 Å². The zero-order valence-corrected chi connectivity index (χ0v) is 11.8. The molecule has 20 heavy (non-hydrogen) atoms. The molecular weight excluding hydrogens is 282 g/mol. The lowest BCUT2D eigenvalue weighted by molar-refractivity contribution is -0.134. The summed E-state index contributed by atoms with van der Waals surface area (Å²) in [6.07, 6.45) is 4.08. The maximum atomic E-state index is 12.3. The Morgan fingerprint density at radius 2 is 2.00 bits per heavy atom. The highest BCUT2D eigenvalue weighted by Crippen LogP contribution is 2.20. The third-order valence-corrected chi connectivity index (χ3v) is 4.99. The zero-order chi connectivity index (χ0) is 14.6. The first kappa shape index (κ1) is 14.7. The molecule has 0 atom stereocenters. The molecule has 2 N–H and O–H groups in total. The fraction of sp³-hybridized carbons (Fsp3) is 0.500. The fourth-order valence-electron chi connectivity index (χ4n) is 2.06. The number of aromatic nitrogens is 1. The minimum absolute atomic E-state index is 0.139. The van der Waals surface area contributed by atoms with Crippen molar-refractivity contribution < 1.29 is 18.3 Å². The minimum Gasteiger partial charge on any atom is -0.480 e. The summed E-state index contributed by atoms with van der Waals surface area (Å²) < 4.78 is 26.1. The zero-order valence-electron chi connectivity index (χ0n) is 10.9. The number of carboxylic acid groups (broad SMARTS) is 1. The van der Waals surface area contributed by atoms with Crippen LogP contribution in [0.3, 0.4) is 0 Å². The average molecular weight is 299 g/mol. The summed E-state index contributed by atoms with van der Waals surface area (Å²) in [7, 11) is -3.48. The molecule has 2 rings (SSSR count).